The summed E-state index contributed by atoms with van der Waals surface area (Å²) in [5.41, 5.74) is 7.95. The first-order valence-corrected chi connectivity index (χ1v) is 22.9. The molecule has 3 atom stereocenters. The number of thiophene rings is 1. The van der Waals surface area contributed by atoms with E-state index in [2.05, 4.69) is 95.6 Å². The molecule has 0 spiro atoms. The summed E-state index contributed by atoms with van der Waals surface area (Å²) in [5.74, 6) is 0.815. The fourth-order valence-electron chi connectivity index (χ4n) is 8.60. The van der Waals surface area contributed by atoms with E-state index < -0.39 is 0 Å². The highest BCUT2D eigenvalue weighted by molar-refractivity contribution is 8.00. The molecule has 5 aromatic rings. The van der Waals surface area contributed by atoms with Crippen LogP contribution in [0.1, 0.15) is 58.3 Å². The van der Waals surface area contributed by atoms with Crippen molar-refractivity contribution in [1.29, 1.82) is 0 Å². The number of thioether (sulfide) groups is 1. The SMILES string of the molecule is CC(=O)Nc1cccc(C2(CN3CCOCC3C)Cc3c(ccn(C)c3=O)S2)c1.C[C@H]1COCCN1Cc1cc2c(s1)C(c1cccc(OCc3ccccc3)c1)=CN(C)C2. The lowest BCUT2D eigenvalue weighted by atomic mass is 9.90. The van der Waals surface area contributed by atoms with Crippen molar-refractivity contribution in [3.8, 4) is 5.75 Å². The molecule has 1 N–H and O–H groups in total. The molecule has 1 amide bonds. The smallest absolute Gasteiger partial charge is 0.254 e. The molecule has 9 rings (SSSR count). The van der Waals surface area contributed by atoms with Crippen molar-refractivity contribution in [3.05, 3.63) is 151 Å². The normalized spacial score (nSPS) is 21.5. The average Bonchev–Trinajstić information content (AvgIpc) is 3.85. The van der Waals surface area contributed by atoms with Crippen molar-refractivity contribution in [2.24, 2.45) is 7.05 Å². The third kappa shape index (κ3) is 10.2. The van der Waals surface area contributed by atoms with Crippen LogP contribution in [0.2, 0.25) is 0 Å². The summed E-state index contributed by atoms with van der Waals surface area (Å²) in [4.78, 5) is 35.5. The Labute approximate surface area is 368 Å². The van der Waals surface area contributed by atoms with Gasteiger partial charge in [0.1, 0.15) is 12.4 Å². The van der Waals surface area contributed by atoms with Gasteiger partial charge in [0, 0.05) is 110 Å². The monoisotopic (exact) mass is 859 g/mol. The van der Waals surface area contributed by atoms with E-state index in [0.29, 0.717) is 25.1 Å². The number of carbonyl (C=O) groups excluding carboxylic acids is 1. The zero-order valence-electron chi connectivity index (χ0n) is 35.9. The molecule has 320 valence electrons. The molecule has 0 aliphatic carbocycles. The van der Waals surface area contributed by atoms with Gasteiger partial charge in [0.05, 0.1) is 31.2 Å². The molecule has 12 heteroatoms. The predicted molar refractivity (Wildman–Crippen MR) is 246 cm³/mol. The van der Waals surface area contributed by atoms with Crippen molar-refractivity contribution in [2.75, 3.05) is 58.4 Å². The summed E-state index contributed by atoms with van der Waals surface area (Å²) < 4.78 is 18.7. The van der Waals surface area contributed by atoms with E-state index in [1.807, 2.05) is 60.0 Å². The number of nitrogens with one attached hydrogen (secondary N) is 1. The van der Waals surface area contributed by atoms with Crippen LogP contribution < -0.4 is 15.6 Å². The summed E-state index contributed by atoms with van der Waals surface area (Å²) in [7, 11) is 3.95. The molecule has 4 aliphatic heterocycles. The summed E-state index contributed by atoms with van der Waals surface area (Å²) in [6.45, 7) is 14.3. The molecular weight excluding hydrogens is 803 g/mol. The number of benzene rings is 3. The van der Waals surface area contributed by atoms with Gasteiger partial charge in [-0.05, 0) is 78.9 Å². The van der Waals surface area contributed by atoms with Crippen LogP contribution >= 0.6 is 23.1 Å². The van der Waals surface area contributed by atoms with Crippen molar-refractivity contribution in [1.82, 2.24) is 19.3 Å². The van der Waals surface area contributed by atoms with Gasteiger partial charge >= 0.3 is 0 Å². The molecule has 3 aromatic carbocycles. The van der Waals surface area contributed by atoms with Gasteiger partial charge in [0.25, 0.3) is 5.56 Å². The highest BCUT2D eigenvalue weighted by Crippen LogP contribution is 2.51. The molecule has 2 saturated heterocycles. The Balaban J connectivity index is 0.000000169. The minimum atomic E-state index is -0.282. The Bertz CT molecular complexity index is 2420. The van der Waals surface area contributed by atoms with Gasteiger partial charge in [0.2, 0.25) is 5.91 Å². The third-order valence-electron chi connectivity index (χ3n) is 11.9. The zero-order chi connectivity index (χ0) is 42.5. The maximum absolute atomic E-state index is 12.8. The summed E-state index contributed by atoms with van der Waals surface area (Å²) in [6.07, 6.45) is 4.79. The van der Waals surface area contributed by atoms with Gasteiger partial charge in [-0.1, -0.05) is 54.6 Å². The number of ether oxygens (including phenoxy) is 3. The van der Waals surface area contributed by atoms with Gasteiger partial charge < -0.3 is 29.0 Å². The van der Waals surface area contributed by atoms with Crippen molar-refractivity contribution >= 4 is 40.3 Å². The molecule has 10 nitrogen and oxygen atoms in total. The first-order chi connectivity index (χ1) is 29.5. The van der Waals surface area contributed by atoms with Crippen LogP contribution in [0.25, 0.3) is 5.57 Å². The molecule has 4 aliphatic rings. The van der Waals surface area contributed by atoms with Crippen LogP contribution in [-0.2, 0) is 52.2 Å². The van der Waals surface area contributed by atoms with E-state index in [0.717, 1.165) is 86.6 Å². The maximum atomic E-state index is 12.8. The fourth-order valence-corrected chi connectivity index (χ4v) is 11.4. The number of carbonyl (C=O) groups is 1. The summed E-state index contributed by atoms with van der Waals surface area (Å²) in [5, 5.41) is 2.89. The number of pyridine rings is 1. The molecule has 6 heterocycles. The number of amides is 1. The van der Waals surface area contributed by atoms with E-state index in [9.17, 15) is 9.59 Å². The van der Waals surface area contributed by atoms with Crippen LogP contribution in [0.4, 0.5) is 5.69 Å². The van der Waals surface area contributed by atoms with Gasteiger partial charge in [-0.2, -0.15) is 0 Å². The lowest BCUT2D eigenvalue weighted by Crippen LogP contribution is -2.49. The summed E-state index contributed by atoms with van der Waals surface area (Å²) in [6, 6.07) is 32.1. The predicted octanol–water partition coefficient (Wildman–Crippen LogP) is 7.99. The van der Waals surface area contributed by atoms with Crippen molar-refractivity contribution in [2.45, 2.75) is 68.6 Å². The highest BCUT2D eigenvalue weighted by atomic mass is 32.2. The number of nitrogens with zero attached hydrogens (tertiary/aromatic N) is 4. The van der Waals surface area contributed by atoms with Crippen LogP contribution in [0, 0.1) is 0 Å². The quantitative estimate of drug-likeness (QED) is 0.150. The molecule has 0 saturated carbocycles. The van der Waals surface area contributed by atoms with Gasteiger partial charge in [0.15, 0.2) is 0 Å². The standard InChI is InChI=1S/C27H30N2O2S.C22H27N3O3S/c1-20-18-30-12-11-29(20)16-25-14-23-15-28(2)17-26(27(23)32-25)22-9-6-10-24(13-22)31-19-21-7-4-3-5-8-21;1-15-13-28-10-9-25(15)14-22(17-5-4-6-18(11-17)23-16(2)26)12-19-20(29-22)7-8-24(3)21(19)27/h3-10,13-14,17,20H,11-12,15-16,18-19H2,1-2H3;4-8,11,15H,9-10,12-14H2,1-3H3,(H,23,26)/t20-;/m0./s1. The minimum absolute atomic E-state index is 0.0740. The molecule has 0 radical (unpaired) electrons. The van der Waals surface area contributed by atoms with Crippen LogP contribution in [0.3, 0.4) is 0 Å². The van der Waals surface area contributed by atoms with E-state index >= 15 is 0 Å². The number of rotatable bonds is 10. The Hall–Kier alpha value is -4.69. The molecule has 2 unspecified atom stereocenters. The highest BCUT2D eigenvalue weighted by Gasteiger charge is 2.44. The van der Waals surface area contributed by atoms with Crippen LogP contribution in [0.5, 0.6) is 5.75 Å². The second-order valence-electron chi connectivity index (χ2n) is 16.7. The second kappa shape index (κ2) is 19.1. The maximum Gasteiger partial charge on any atom is 0.254 e. The lowest BCUT2D eigenvalue weighted by molar-refractivity contribution is -0.114. The molecular formula is C49H57N5O5S2. The number of aromatic nitrogens is 1. The molecule has 61 heavy (non-hydrogen) atoms. The second-order valence-corrected chi connectivity index (χ2v) is 19.3. The number of hydrogen-bond acceptors (Lipinski definition) is 10. The zero-order valence-corrected chi connectivity index (χ0v) is 37.5. The van der Waals surface area contributed by atoms with Crippen LogP contribution in [0.15, 0.2) is 113 Å². The lowest BCUT2D eigenvalue weighted by Gasteiger charge is -2.40. The van der Waals surface area contributed by atoms with E-state index in [1.54, 1.807) is 23.4 Å². The van der Waals surface area contributed by atoms with E-state index in [4.69, 9.17) is 14.2 Å². The number of fused-ring (bicyclic) bond motifs is 2. The first kappa shape index (κ1) is 43.0. The topological polar surface area (TPSA) is 88.5 Å². The molecule has 2 fully saturated rings. The Kier molecular flexibility index (Phi) is 13.5. The first-order valence-electron chi connectivity index (χ1n) is 21.2. The van der Waals surface area contributed by atoms with E-state index in [-0.39, 0.29) is 16.2 Å². The Morgan fingerprint density at radius 2 is 1.66 bits per heavy atom. The number of morpholine rings is 2. The van der Waals surface area contributed by atoms with Crippen LogP contribution in [-0.4, -0.2) is 90.4 Å². The van der Waals surface area contributed by atoms with Gasteiger partial charge in [-0.15, -0.1) is 23.1 Å². The summed E-state index contributed by atoms with van der Waals surface area (Å²) >= 11 is 3.71. The fraction of sp³-hybridized carbons (Fsp3) is 0.388. The largest absolute Gasteiger partial charge is 0.489 e. The minimum Gasteiger partial charge on any atom is -0.489 e. The molecule has 0 bridgehead atoms. The van der Waals surface area contributed by atoms with Crippen molar-refractivity contribution in [3.63, 3.8) is 0 Å². The Morgan fingerprint density at radius 1 is 0.902 bits per heavy atom. The number of hydrogen-bond donors (Lipinski definition) is 1. The van der Waals surface area contributed by atoms with Gasteiger partial charge in [-0.3, -0.25) is 19.4 Å². The number of aryl methyl sites for hydroxylation is 1. The number of anilines is 1. The molecule has 2 aromatic heterocycles. The van der Waals surface area contributed by atoms with Gasteiger partial charge in [-0.25, -0.2) is 0 Å². The Morgan fingerprint density at radius 3 is 2.41 bits per heavy atom. The van der Waals surface area contributed by atoms with Crippen molar-refractivity contribution < 1.29 is 19.0 Å². The average molecular weight is 860 g/mol. The van der Waals surface area contributed by atoms with E-state index in [1.165, 1.54) is 38.9 Å². The third-order valence-corrected chi connectivity index (χ3v) is 14.6.